The van der Waals surface area contributed by atoms with Crippen molar-refractivity contribution < 1.29 is 9.47 Å². The molecule has 2 heteroatoms. The molecule has 2 saturated heterocycles. The first-order valence-electron chi connectivity index (χ1n) is 3.13. The summed E-state index contributed by atoms with van der Waals surface area (Å²) in [6, 6.07) is 0. The predicted molar refractivity (Wildman–Crippen MR) is 28.7 cm³/mol. The van der Waals surface area contributed by atoms with E-state index in [1.54, 1.807) is 0 Å². The van der Waals surface area contributed by atoms with E-state index in [0.29, 0.717) is 18.3 Å². The Morgan fingerprint density at radius 3 is 2.88 bits per heavy atom. The van der Waals surface area contributed by atoms with Crippen LogP contribution in [0.1, 0.15) is 13.3 Å². The lowest BCUT2D eigenvalue weighted by Crippen LogP contribution is -2.21. The molecule has 2 aliphatic rings. The molecular weight excluding hydrogens is 104 g/mol. The highest BCUT2D eigenvalue weighted by molar-refractivity contribution is 4.89. The van der Waals surface area contributed by atoms with Crippen LogP contribution in [-0.2, 0) is 9.47 Å². The highest BCUT2D eigenvalue weighted by Crippen LogP contribution is 2.31. The largest absolute Gasteiger partial charge is 0.376 e. The molecule has 8 heavy (non-hydrogen) atoms. The Morgan fingerprint density at radius 1 is 1.38 bits per heavy atom. The minimum absolute atomic E-state index is 0.429. The van der Waals surface area contributed by atoms with Gasteiger partial charge in [0.1, 0.15) is 6.10 Å². The van der Waals surface area contributed by atoms with Gasteiger partial charge >= 0.3 is 0 Å². The second kappa shape index (κ2) is 1.45. The third-order valence-corrected chi connectivity index (χ3v) is 1.80. The van der Waals surface area contributed by atoms with E-state index in [2.05, 4.69) is 6.92 Å². The highest BCUT2D eigenvalue weighted by Gasteiger charge is 2.43. The van der Waals surface area contributed by atoms with E-state index in [4.69, 9.17) is 9.47 Å². The van der Waals surface area contributed by atoms with Crippen molar-refractivity contribution in [2.24, 2.45) is 0 Å². The molecule has 0 N–H and O–H groups in total. The average molecular weight is 114 g/mol. The Hall–Kier alpha value is -0.0800. The minimum atomic E-state index is 0.429. The average Bonchev–Trinajstić information content (AvgIpc) is 2.43. The summed E-state index contributed by atoms with van der Waals surface area (Å²) in [5.74, 6) is 0. The normalized spacial score (nSPS) is 52.9. The zero-order chi connectivity index (χ0) is 5.56. The zero-order valence-electron chi connectivity index (χ0n) is 4.96. The SMILES string of the molecule is CC1CC2OC2CO1. The first kappa shape index (κ1) is 4.77. The fraction of sp³-hybridized carbons (Fsp3) is 1.00. The van der Waals surface area contributed by atoms with Crippen molar-refractivity contribution in [1.82, 2.24) is 0 Å². The second-order valence-electron chi connectivity index (χ2n) is 2.59. The van der Waals surface area contributed by atoms with E-state index in [1.807, 2.05) is 0 Å². The van der Waals surface area contributed by atoms with Crippen LogP contribution in [0.5, 0.6) is 0 Å². The Labute approximate surface area is 48.8 Å². The topological polar surface area (TPSA) is 21.8 Å². The lowest BCUT2D eigenvalue weighted by Gasteiger charge is -2.13. The maximum atomic E-state index is 5.31. The summed E-state index contributed by atoms with van der Waals surface area (Å²) < 4.78 is 10.5. The van der Waals surface area contributed by atoms with Crippen LogP contribution in [-0.4, -0.2) is 24.9 Å². The lowest BCUT2D eigenvalue weighted by atomic mass is 10.1. The van der Waals surface area contributed by atoms with Crippen molar-refractivity contribution in [3.63, 3.8) is 0 Å². The van der Waals surface area contributed by atoms with Crippen molar-refractivity contribution in [3.8, 4) is 0 Å². The van der Waals surface area contributed by atoms with Gasteiger partial charge in [-0.3, -0.25) is 0 Å². The molecule has 2 rings (SSSR count). The van der Waals surface area contributed by atoms with Gasteiger partial charge in [-0.2, -0.15) is 0 Å². The number of fused-ring (bicyclic) bond motifs is 1. The molecule has 0 aromatic rings. The smallest absolute Gasteiger partial charge is 0.108 e. The van der Waals surface area contributed by atoms with Crippen LogP contribution in [0.15, 0.2) is 0 Å². The summed E-state index contributed by atoms with van der Waals surface area (Å²) in [6.45, 7) is 2.92. The van der Waals surface area contributed by atoms with Crippen molar-refractivity contribution in [2.45, 2.75) is 31.7 Å². The van der Waals surface area contributed by atoms with E-state index in [9.17, 15) is 0 Å². The van der Waals surface area contributed by atoms with Crippen molar-refractivity contribution in [2.75, 3.05) is 6.61 Å². The van der Waals surface area contributed by atoms with E-state index >= 15 is 0 Å². The lowest BCUT2D eigenvalue weighted by molar-refractivity contribution is 0.0425. The van der Waals surface area contributed by atoms with Crippen LogP contribution in [0.3, 0.4) is 0 Å². The molecule has 0 bridgehead atoms. The third-order valence-electron chi connectivity index (χ3n) is 1.80. The second-order valence-corrected chi connectivity index (χ2v) is 2.59. The van der Waals surface area contributed by atoms with E-state index in [0.717, 1.165) is 13.0 Å². The summed E-state index contributed by atoms with van der Waals surface area (Å²) in [5, 5.41) is 0. The molecule has 0 aromatic heterocycles. The zero-order valence-corrected chi connectivity index (χ0v) is 4.96. The molecule has 0 aromatic carbocycles. The first-order valence-corrected chi connectivity index (χ1v) is 3.13. The Balaban J connectivity index is 1.93. The van der Waals surface area contributed by atoms with Crippen LogP contribution >= 0.6 is 0 Å². The van der Waals surface area contributed by atoms with Crippen molar-refractivity contribution in [3.05, 3.63) is 0 Å². The van der Waals surface area contributed by atoms with Gasteiger partial charge in [0.25, 0.3) is 0 Å². The minimum Gasteiger partial charge on any atom is -0.376 e. The van der Waals surface area contributed by atoms with Crippen LogP contribution in [0.25, 0.3) is 0 Å². The fourth-order valence-electron chi connectivity index (χ4n) is 1.19. The summed E-state index contributed by atoms with van der Waals surface area (Å²) in [5.41, 5.74) is 0. The molecule has 46 valence electrons. The fourth-order valence-corrected chi connectivity index (χ4v) is 1.19. The Kier molecular flexibility index (Phi) is 0.866. The number of hydrogen-bond acceptors (Lipinski definition) is 2. The van der Waals surface area contributed by atoms with Crippen molar-refractivity contribution >= 4 is 0 Å². The molecule has 0 radical (unpaired) electrons. The molecule has 2 nitrogen and oxygen atoms in total. The number of rotatable bonds is 0. The number of ether oxygens (including phenoxy) is 2. The molecule has 2 heterocycles. The number of epoxide rings is 1. The van der Waals surface area contributed by atoms with Gasteiger partial charge in [0.15, 0.2) is 0 Å². The molecular formula is C6H10O2. The van der Waals surface area contributed by atoms with Gasteiger partial charge in [-0.25, -0.2) is 0 Å². The number of hydrogen-bond donors (Lipinski definition) is 0. The Bertz CT molecular complexity index is 103. The van der Waals surface area contributed by atoms with E-state index in [-0.39, 0.29) is 0 Å². The molecule has 2 aliphatic heterocycles. The molecule has 3 atom stereocenters. The van der Waals surface area contributed by atoms with Crippen molar-refractivity contribution in [1.29, 1.82) is 0 Å². The Morgan fingerprint density at radius 2 is 2.25 bits per heavy atom. The van der Waals surface area contributed by atoms with Gasteiger partial charge in [0.2, 0.25) is 0 Å². The van der Waals surface area contributed by atoms with Gasteiger partial charge in [-0.1, -0.05) is 0 Å². The third kappa shape index (κ3) is 0.644. The van der Waals surface area contributed by atoms with Gasteiger partial charge in [0, 0.05) is 6.42 Å². The molecule has 3 unspecified atom stereocenters. The van der Waals surface area contributed by atoms with Gasteiger partial charge in [0.05, 0.1) is 18.8 Å². The molecule has 0 amide bonds. The monoisotopic (exact) mass is 114 g/mol. The van der Waals surface area contributed by atoms with Gasteiger partial charge in [-0.05, 0) is 6.92 Å². The van der Waals surface area contributed by atoms with Crippen LogP contribution in [0.4, 0.5) is 0 Å². The predicted octanol–water partition coefficient (Wildman–Crippen LogP) is 0.563. The molecule has 0 aliphatic carbocycles. The van der Waals surface area contributed by atoms with Gasteiger partial charge < -0.3 is 9.47 Å². The quantitative estimate of drug-likeness (QED) is 0.429. The van der Waals surface area contributed by atoms with Crippen LogP contribution in [0, 0.1) is 0 Å². The van der Waals surface area contributed by atoms with Crippen LogP contribution in [0.2, 0.25) is 0 Å². The summed E-state index contributed by atoms with van der Waals surface area (Å²) >= 11 is 0. The molecule has 0 saturated carbocycles. The maximum absolute atomic E-state index is 5.31. The summed E-state index contributed by atoms with van der Waals surface area (Å²) in [6.07, 6.45) is 2.55. The molecule has 2 fully saturated rings. The van der Waals surface area contributed by atoms with Crippen LogP contribution < -0.4 is 0 Å². The first-order chi connectivity index (χ1) is 3.86. The standard InChI is InChI=1S/C6H10O2/c1-4-2-5-6(8-5)3-7-4/h4-6H,2-3H2,1H3. The summed E-state index contributed by atoms with van der Waals surface area (Å²) in [4.78, 5) is 0. The summed E-state index contributed by atoms with van der Waals surface area (Å²) in [7, 11) is 0. The van der Waals surface area contributed by atoms with E-state index in [1.165, 1.54) is 0 Å². The van der Waals surface area contributed by atoms with E-state index < -0.39 is 0 Å². The highest BCUT2D eigenvalue weighted by atomic mass is 16.6. The van der Waals surface area contributed by atoms with Gasteiger partial charge in [-0.15, -0.1) is 0 Å². The maximum Gasteiger partial charge on any atom is 0.108 e. The molecule has 0 spiro atoms.